The van der Waals surface area contributed by atoms with Crippen molar-refractivity contribution in [1.82, 2.24) is 20.5 Å². The number of para-hydroxylation sites is 1. The summed E-state index contributed by atoms with van der Waals surface area (Å²) >= 11 is 0. The second-order valence-electron chi connectivity index (χ2n) is 7.79. The van der Waals surface area contributed by atoms with Gasteiger partial charge < -0.3 is 20.3 Å². The molecule has 0 bridgehead atoms. The third kappa shape index (κ3) is 6.54. The quantitative estimate of drug-likeness (QED) is 0.745. The summed E-state index contributed by atoms with van der Waals surface area (Å²) in [7, 11) is 1.60. The van der Waals surface area contributed by atoms with Gasteiger partial charge in [0.2, 0.25) is 11.8 Å². The summed E-state index contributed by atoms with van der Waals surface area (Å²) in [6.45, 7) is 1.63. The maximum Gasteiger partial charge on any atom is 0.255 e. The van der Waals surface area contributed by atoms with Crippen LogP contribution in [0.1, 0.15) is 41.6 Å². The highest BCUT2D eigenvalue weighted by atomic mass is 16.5. The Morgan fingerprint density at radius 2 is 2.03 bits per heavy atom. The summed E-state index contributed by atoms with van der Waals surface area (Å²) in [5.74, 6) is 0.145. The fourth-order valence-corrected chi connectivity index (χ4v) is 3.81. The first-order valence-corrected chi connectivity index (χ1v) is 10.9. The molecule has 8 nitrogen and oxygen atoms in total. The van der Waals surface area contributed by atoms with E-state index in [1.807, 2.05) is 24.3 Å². The van der Waals surface area contributed by atoms with Crippen molar-refractivity contribution in [2.45, 2.75) is 32.2 Å². The Bertz CT molecular complexity index is 919. The molecule has 1 aromatic carbocycles. The maximum absolute atomic E-state index is 12.9. The lowest BCUT2D eigenvalue weighted by Crippen LogP contribution is -2.35. The van der Waals surface area contributed by atoms with Gasteiger partial charge in [-0.15, -0.1) is 0 Å². The summed E-state index contributed by atoms with van der Waals surface area (Å²) in [6.07, 6.45) is 5.24. The first kappa shape index (κ1) is 23.2. The molecular weight excluding hydrogens is 408 g/mol. The van der Waals surface area contributed by atoms with E-state index in [0.29, 0.717) is 51.0 Å². The van der Waals surface area contributed by atoms with Crippen LogP contribution in [0.4, 0.5) is 0 Å². The Kier molecular flexibility index (Phi) is 8.60. The first-order valence-electron chi connectivity index (χ1n) is 10.9. The average Bonchev–Trinajstić information content (AvgIpc) is 2.87. The molecule has 3 rings (SSSR count). The van der Waals surface area contributed by atoms with Gasteiger partial charge in [0, 0.05) is 56.5 Å². The minimum absolute atomic E-state index is 0.0606. The Labute approximate surface area is 188 Å². The molecule has 32 heavy (non-hydrogen) atoms. The number of aromatic nitrogens is 1. The van der Waals surface area contributed by atoms with Crippen LogP contribution >= 0.6 is 0 Å². The van der Waals surface area contributed by atoms with Gasteiger partial charge in [0.05, 0.1) is 12.7 Å². The van der Waals surface area contributed by atoms with Crippen molar-refractivity contribution in [3.05, 3.63) is 59.9 Å². The molecule has 1 atom stereocenters. The number of methoxy groups -OCH3 is 1. The highest BCUT2D eigenvalue weighted by Crippen LogP contribution is 2.18. The standard InChI is InChI=1S/C24H30N4O4/c1-32-21-9-3-2-6-19(21)17-27-23(30)18-8-5-14-28(15-11-22(29)26-13-10-18)24(31)20-7-4-12-25-16-20/h2-4,6-7,9,12,16,18H,5,8,10-11,13-15,17H2,1H3,(H,26,29)(H,27,30). The lowest BCUT2D eigenvalue weighted by Gasteiger charge is -2.23. The van der Waals surface area contributed by atoms with Gasteiger partial charge in [0.15, 0.2) is 0 Å². The molecule has 8 heteroatoms. The lowest BCUT2D eigenvalue weighted by molar-refractivity contribution is -0.126. The molecule has 0 saturated carbocycles. The van der Waals surface area contributed by atoms with Crippen LogP contribution in [0.25, 0.3) is 0 Å². The molecule has 0 aliphatic carbocycles. The molecule has 1 aliphatic rings. The van der Waals surface area contributed by atoms with Crippen molar-refractivity contribution in [3.63, 3.8) is 0 Å². The van der Waals surface area contributed by atoms with Crippen molar-refractivity contribution < 1.29 is 19.1 Å². The van der Waals surface area contributed by atoms with Crippen molar-refractivity contribution in [2.75, 3.05) is 26.7 Å². The van der Waals surface area contributed by atoms with E-state index in [0.717, 1.165) is 11.3 Å². The van der Waals surface area contributed by atoms with Crippen molar-refractivity contribution in [3.8, 4) is 5.75 Å². The van der Waals surface area contributed by atoms with Crippen molar-refractivity contribution in [2.24, 2.45) is 5.92 Å². The van der Waals surface area contributed by atoms with Crippen molar-refractivity contribution in [1.29, 1.82) is 0 Å². The molecule has 0 radical (unpaired) electrons. The van der Waals surface area contributed by atoms with Crippen LogP contribution in [-0.4, -0.2) is 54.3 Å². The first-order chi connectivity index (χ1) is 15.6. The average molecular weight is 439 g/mol. The molecular formula is C24H30N4O4. The number of nitrogens with one attached hydrogen (secondary N) is 2. The Balaban J connectivity index is 1.62. The smallest absolute Gasteiger partial charge is 0.255 e. The molecule has 0 spiro atoms. The topological polar surface area (TPSA) is 101 Å². The van der Waals surface area contributed by atoms with Crippen LogP contribution in [0.3, 0.4) is 0 Å². The van der Waals surface area contributed by atoms with Crippen LogP contribution in [0.5, 0.6) is 5.75 Å². The van der Waals surface area contributed by atoms with Gasteiger partial charge in [-0.05, 0) is 37.5 Å². The van der Waals surface area contributed by atoms with E-state index >= 15 is 0 Å². The molecule has 1 unspecified atom stereocenters. The van der Waals surface area contributed by atoms with Crippen LogP contribution in [-0.2, 0) is 16.1 Å². The number of ether oxygens (including phenoxy) is 1. The molecule has 2 heterocycles. The highest BCUT2D eigenvalue weighted by molar-refractivity contribution is 5.94. The number of rotatable bonds is 5. The third-order valence-corrected chi connectivity index (χ3v) is 5.62. The molecule has 3 amide bonds. The van der Waals surface area contributed by atoms with Crippen molar-refractivity contribution >= 4 is 17.7 Å². The number of hydrogen-bond acceptors (Lipinski definition) is 5. The predicted octanol–water partition coefficient (Wildman–Crippen LogP) is 2.16. The molecule has 2 aromatic rings. The number of benzene rings is 1. The van der Waals surface area contributed by atoms with Gasteiger partial charge in [0.25, 0.3) is 5.91 Å². The molecule has 1 aliphatic heterocycles. The van der Waals surface area contributed by atoms with Crippen LogP contribution < -0.4 is 15.4 Å². The van der Waals surface area contributed by atoms with Gasteiger partial charge >= 0.3 is 0 Å². The molecule has 1 aromatic heterocycles. The van der Waals surface area contributed by atoms with Gasteiger partial charge in [-0.2, -0.15) is 0 Å². The van der Waals surface area contributed by atoms with E-state index in [-0.39, 0.29) is 30.1 Å². The number of carbonyl (C=O) groups excluding carboxylic acids is 3. The van der Waals surface area contributed by atoms with Crippen LogP contribution in [0, 0.1) is 5.92 Å². The summed E-state index contributed by atoms with van der Waals surface area (Å²) in [5, 5.41) is 5.86. The minimum atomic E-state index is -0.251. The van der Waals surface area contributed by atoms with E-state index < -0.39 is 0 Å². The maximum atomic E-state index is 12.9. The normalized spacial score (nSPS) is 17.6. The fraction of sp³-hybridized carbons (Fsp3) is 0.417. The Hall–Kier alpha value is -3.42. The Morgan fingerprint density at radius 1 is 1.19 bits per heavy atom. The highest BCUT2D eigenvalue weighted by Gasteiger charge is 2.22. The summed E-state index contributed by atoms with van der Waals surface area (Å²) < 4.78 is 5.35. The summed E-state index contributed by atoms with van der Waals surface area (Å²) in [4.78, 5) is 43.6. The second kappa shape index (κ2) is 11.8. The van der Waals surface area contributed by atoms with Gasteiger partial charge in [0.1, 0.15) is 5.75 Å². The van der Waals surface area contributed by atoms with Crippen LogP contribution in [0.15, 0.2) is 48.8 Å². The summed E-state index contributed by atoms with van der Waals surface area (Å²) in [5.41, 5.74) is 1.40. The van der Waals surface area contributed by atoms with E-state index in [9.17, 15) is 14.4 Å². The van der Waals surface area contributed by atoms with Gasteiger partial charge in [-0.3, -0.25) is 19.4 Å². The van der Waals surface area contributed by atoms with E-state index in [2.05, 4.69) is 15.6 Å². The number of carbonyl (C=O) groups is 3. The predicted molar refractivity (Wildman–Crippen MR) is 120 cm³/mol. The number of amides is 3. The lowest BCUT2D eigenvalue weighted by atomic mass is 9.97. The Morgan fingerprint density at radius 3 is 2.81 bits per heavy atom. The SMILES string of the molecule is COc1ccccc1CNC(=O)C1CCCN(C(=O)c2cccnc2)CCC(=O)NCC1. The molecule has 2 N–H and O–H groups in total. The molecule has 1 saturated heterocycles. The van der Waals surface area contributed by atoms with Gasteiger partial charge in [-0.1, -0.05) is 18.2 Å². The minimum Gasteiger partial charge on any atom is -0.496 e. The zero-order chi connectivity index (χ0) is 22.8. The van der Waals surface area contributed by atoms with E-state index in [4.69, 9.17) is 4.74 Å². The zero-order valence-corrected chi connectivity index (χ0v) is 18.4. The largest absolute Gasteiger partial charge is 0.496 e. The second-order valence-corrected chi connectivity index (χ2v) is 7.79. The molecule has 170 valence electrons. The van der Waals surface area contributed by atoms with Crippen LogP contribution in [0.2, 0.25) is 0 Å². The summed E-state index contributed by atoms with van der Waals surface area (Å²) in [6, 6.07) is 11.0. The monoisotopic (exact) mass is 438 g/mol. The van der Waals surface area contributed by atoms with E-state index in [1.165, 1.54) is 6.20 Å². The molecule has 1 fully saturated rings. The van der Waals surface area contributed by atoms with Gasteiger partial charge in [-0.25, -0.2) is 0 Å². The zero-order valence-electron chi connectivity index (χ0n) is 18.4. The third-order valence-electron chi connectivity index (χ3n) is 5.62. The number of pyridine rings is 1. The fourth-order valence-electron chi connectivity index (χ4n) is 3.81. The van der Waals surface area contributed by atoms with E-state index in [1.54, 1.807) is 30.3 Å². The number of hydrogen-bond donors (Lipinski definition) is 2. The number of nitrogens with zero attached hydrogens (tertiary/aromatic N) is 2.